The molecular formula is C15H10IN3OS. The van der Waals surface area contributed by atoms with E-state index < -0.39 is 0 Å². The summed E-state index contributed by atoms with van der Waals surface area (Å²) >= 11 is 3.54. The molecule has 0 amide bonds. The number of hydrogen-bond donors (Lipinski definition) is 1. The van der Waals surface area contributed by atoms with Gasteiger partial charge in [-0.2, -0.15) is 10.5 Å². The molecule has 0 aromatic heterocycles. The first-order valence-corrected chi connectivity index (χ1v) is 8.15. The van der Waals surface area contributed by atoms with E-state index in [1.807, 2.05) is 24.5 Å². The Morgan fingerprint density at radius 2 is 2.00 bits per heavy atom. The average Bonchev–Trinajstić information content (AvgIpc) is 2.50. The molecule has 0 heterocycles. The summed E-state index contributed by atoms with van der Waals surface area (Å²) < 4.78 is 6.55. The summed E-state index contributed by atoms with van der Waals surface area (Å²) in [5, 5.41) is 18.2. The van der Waals surface area contributed by atoms with Gasteiger partial charge in [-0.05, 0) is 53.1 Å². The van der Waals surface area contributed by atoms with Gasteiger partial charge in [0.25, 0.3) is 0 Å². The Bertz CT molecular complexity index is 754. The fourth-order valence-electron chi connectivity index (χ4n) is 1.77. The van der Waals surface area contributed by atoms with Crippen LogP contribution in [0, 0.1) is 26.2 Å². The van der Waals surface area contributed by atoms with Crippen molar-refractivity contribution in [2.75, 3.05) is 12.0 Å². The van der Waals surface area contributed by atoms with E-state index in [1.54, 1.807) is 18.2 Å². The Labute approximate surface area is 140 Å². The number of halogens is 1. The van der Waals surface area contributed by atoms with Crippen LogP contribution in [0.5, 0.6) is 11.5 Å². The third kappa shape index (κ3) is 3.23. The van der Waals surface area contributed by atoms with Gasteiger partial charge in [-0.15, -0.1) is 11.8 Å². The lowest BCUT2D eigenvalue weighted by atomic mass is 10.2. The molecule has 0 unspecified atom stereocenters. The molecule has 0 saturated carbocycles. The van der Waals surface area contributed by atoms with Crippen LogP contribution in [-0.2, 0) is 0 Å². The van der Waals surface area contributed by atoms with Crippen molar-refractivity contribution in [1.82, 2.24) is 0 Å². The monoisotopic (exact) mass is 407 g/mol. The summed E-state index contributed by atoms with van der Waals surface area (Å²) in [6.45, 7) is 0. The molecule has 2 aromatic rings. The van der Waals surface area contributed by atoms with Gasteiger partial charge >= 0.3 is 0 Å². The maximum absolute atomic E-state index is 9.31. The van der Waals surface area contributed by atoms with E-state index in [9.17, 15) is 5.26 Å². The number of thioether (sulfide) groups is 1. The van der Waals surface area contributed by atoms with E-state index in [0.29, 0.717) is 28.3 Å². The Morgan fingerprint density at radius 3 is 2.57 bits per heavy atom. The number of nitrogen functional groups attached to an aromatic ring is 1. The standard InChI is InChI=1S/C15H10IN3OS/c1-21-14-4-2-3-13(10(14)8-18)20-15-11(16)5-9(7-17)6-12(15)19/h2-6H,19H2,1H3. The Kier molecular flexibility index (Phi) is 4.94. The molecule has 0 spiro atoms. The minimum Gasteiger partial charge on any atom is -0.453 e. The van der Waals surface area contributed by atoms with Gasteiger partial charge in [-0.25, -0.2) is 0 Å². The van der Waals surface area contributed by atoms with Gasteiger partial charge in [0, 0.05) is 4.90 Å². The number of nitrogens with two attached hydrogens (primary N) is 1. The largest absolute Gasteiger partial charge is 0.453 e. The Balaban J connectivity index is 2.50. The minimum atomic E-state index is 0.372. The first-order chi connectivity index (χ1) is 10.1. The highest BCUT2D eigenvalue weighted by molar-refractivity contribution is 14.1. The first kappa shape index (κ1) is 15.5. The van der Waals surface area contributed by atoms with Crippen molar-refractivity contribution >= 4 is 40.0 Å². The molecule has 0 saturated heterocycles. The molecule has 0 aliphatic rings. The Morgan fingerprint density at radius 1 is 1.24 bits per heavy atom. The molecule has 0 atom stereocenters. The van der Waals surface area contributed by atoms with Crippen LogP contribution < -0.4 is 10.5 Å². The predicted molar refractivity (Wildman–Crippen MR) is 91.3 cm³/mol. The van der Waals surface area contributed by atoms with E-state index in [4.69, 9.17) is 15.7 Å². The number of nitrogens with zero attached hydrogens (tertiary/aromatic N) is 2. The summed E-state index contributed by atoms with van der Waals surface area (Å²) in [6, 6.07) is 12.9. The zero-order valence-corrected chi connectivity index (χ0v) is 14.0. The zero-order valence-electron chi connectivity index (χ0n) is 11.1. The van der Waals surface area contributed by atoms with Crippen LogP contribution in [0.1, 0.15) is 11.1 Å². The van der Waals surface area contributed by atoms with Crippen LogP contribution in [0.4, 0.5) is 5.69 Å². The van der Waals surface area contributed by atoms with Crippen LogP contribution in [0.2, 0.25) is 0 Å². The van der Waals surface area contributed by atoms with Crippen LogP contribution >= 0.6 is 34.4 Å². The topological polar surface area (TPSA) is 82.8 Å². The second kappa shape index (κ2) is 6.70. The highest BCUT2D eigenvalue weighted by Gasteiger charge is 2.14. The number of anilines is 1. The van der Waals surface area contributed by atoms with Crippen molar-refractivity contribution < 1.29 is 4.74 Å². The maximum atomic E-state index is 9.31. The smallest absolute Gasteiger partial charge is 0.163 e. The van der Waals surface area contributed by atoms with Gasteiger partial charge in [0.15, 0.2) is 5.75 Å². The fourth-order valence-corrected chi connectivity index (χ4v) is 3.10. The second-order valence-electron chi connectivity index (χ2n) is 4.04. The molecule has 6 heteroatoms. The summed E-state index contributed by atoms with van der Waals surface area (Å²) in [5.41, 5.74) is 7.26. The SMILES string of the molecule is CSc1cccc(Oc2c(N)cc(C#N)cc2I)c1C#N. The van der Waals surface area contributed by atoms with Crippen molar-refractivity contribution in [2.45, 2.75) is 4.90 Å². The molecule has 21 heavy (non-hydrogen) atoms. The number of nitriles is 2. The molecule has 4 nitrogen and oxygen atoms in total. The van der Waals surface area contributed by atoms with Crippen molar-refractivity contribution in [1.29, 1.82) is 10.5 Å². The zero-order chi connectivity index (χ0) is 15.4. The lowest BCUT2D eigenvalue weighted by molar-refractivity contribution is 0.478. The third-order valence-corrected chi connectivity index (χ3v) is 4.31. The molecule has 2 rings (SSSR count). The molecule has 0 radical (unpaired) electrons. The Hall–Kier alpha value is -1.90. The molecule has 2 N–H and O–H groups in total. The number of rotatable bonds is 3. The van der Waals surface area contributed by atoms with Gasteiger partial charge in [0.2, 0.25) is 0 Å². The van der Waals surface area contributed by atoms with Crippen molar-refractivity contribution in [3.05, 3.63) is 45.0 Å². The molecule has 0 aliphatic carbocycles. The maximum Gasteiger partial charge on any atom is 0.163 e. The van der Waals surface area contributed by atoms with Crippen LogP contribution in [0.25, 0.3) is 0 Å². The molecule has 0 aliphatic heterocycles. The third-order valence-electron chi connectivity index (χ3n) is 2.73. The predicted octanol–water partition coefficient (Wildman–Crippen LogP) is 4.13. The van der Waals surface area contributed by atoms with E-state index in [-0.39, 0.29) is 0 Å². The fraction of sp³-hybridized carbons (Fsp3) is 0.0667. The van der Waals surface area contributed by atoms with E-state index in [1.165, 1.54) is 11.8 Å². The molecule has 104 valence electrons. The normalized spacial score (nSPS) is 9.71. The highest BCUT2D eigenvalue weighted by Crippen LogP contribution is 2.37. The van der Waals surface area contributed by atoms with Crippen molar-refractivity contribution in [2.24, 2.45) is 0 Å². The number of hydrogen-bond acceptors (Lipinski definition) is 5. The summed E-state index contributed by atoms with van der Waals surface area (Å²) in [7, 11) is 0. The van der Waals surface area contributed by atoms with Crippen molar-refractivity contribution in [3.63, 3.8) is 0 Å². The van der Waals surface area contributed by atoms with Gasteiger partial charge < -0.3 is 10.5 Å². The molecule has 2 aromatic carbocycles. The molecule has 0 bridgehead atoms. The number of ether oxygens (including phenoxy) is 1. The lowest BCUT2D eigenvalue weighted by Gasteiger charge is -2.13. The summed E-state index contributed by atoms with van der Waals surface area (Å²) in [5.74, 6) is 0.919. The van der Waals surface area contributed by atoms with Gasteiger partial charge in [-0.3, -0.25) is 0 Å². The molecular weight excluding hydrogens is 397 g/mol. The quantitative estimate of drug-likeness (QED) is 0.470. The van der Waals surface area contributed by atoms with Crippen LogP contribution in [0.3, 0.4) is 0 Å². The van der Waals surface area contributed by atoms with E-state index >= 15 is 0 Å². The van der Waals surface area contributed by atoms with Crippen molar-refractivity contribution in [3.8, 4) is 23.6 Å². The highest BCUT2D eigenvalue weighted by atomic mass is 127. The summed E-state index contributed by atoms with van der Waals surface area (Å²) in [6.07, 6.45) is 1.90. The van der Waals surface area contributed by atoms with Crippen LogP contribution in [0.15, 0.2) is 35.2 Å². The first-order valence-electron chi connectivity index (χ1n) is 5.84. The van der Waals surface area contributed by atoms with Crippen LogP contribution in [-0.4, -0.2) is 6.26 Å². The summed E-state index contributed by atoms with van der Waals surface area (Å²) in [4.78, 5) is 0.845. The van der Waals surface area contributed by atoms with Gasteiger partial charge in [-0.1, -0.05) is 6.07 Å². The van der Waals surface area contributed by atoms with Gasteiger partial charge in [0.05, 0.1) is 20.9 Å². The number of benzene rings is 2. The van der Waals surface area contributed by atoms with E-state index in [2.05, 4.69) is 28.7 Å². The minimum absolute atomic E-state index is 0.372. The second-order valence-corrected chi connectivity index (χ2v) is 6.05. The van der Waals surface area contributed by atoms with Gasteiger partial charge in [0.1, 0.15) is 17.4 Å². The average molecular weight is 407 g/mol. The molecule has 0 fully saturated rings. The lowest BCUT2D eigenvalue weighted by Crippen LogP contribution is -1.98. The van der Waals surface area contributed by atoms with E-state index in [0.717, 1.165) is 8.47 Å².